The van der Waals surface area contributed by atoms with E-state index in [1.165, 1.54) is 11.1 Å². The lowest BCUT2D eigenvalue weighted by Crippen LogP contribution is -1.88. The van der Waals surface area contributed by atoms with E-state index in [9.17, 15) is 4.79 Å². The average Bonchev–Trinajstić information content (AvgIpc) is 2.85. The van der Waals surface area contributed by atoms with Crippen molar-refractivity contribution in [2.45, 2.75) is 26.7 Å². The number of para-hydroxylation sites is 1. The number of rotatable bonds is 3. The number of H-pyrrole nitrogens is 1. The Morgan fingerprint density at radius 1 is 1.10 bits per heavy atom. The molecule has 0 unspecified atom stereocenters. The molecule has 0 saturated carbocycles. The molecule has 1 N–H and O–H groups in total. The van der Waals surface area contributed by atoms with Gasteiger partial charge in [-0.3, -0.25) is 4.79 Å². The molecule has 0 atom stereocenters. The minimum Gasteiger partial charge on any atom is -0.354 e. The van der Waals surface area contributed by atoms with Crippen molar-refractivity contribution >= 4 is 17.2 Å². The largest absolute Gasteiger partial charge is 0.354 e. The maximum Gasteiger partial charge on any atom is 0.152 e. The maximum absolute atomic E-state index is 11.6. The summed E-state index contributed by atoms with van der Waals surface area (Å²) in [5.41, 5.74) is 6.23. The summed E-state index contributed by atoms with van der Waals surface area (Å²) in [7, 11) is 0. The van der Waals surface area contributed by atoms with Gasteiger partial charge in [0.15, 0.2) is 6.29 Å². The number of aromatic amines is 1. The summed E-state index contributed by atoms with van der Waals surface area (Å²) in [5.74, 6) is 0.414. The fraction of sp³-hybridized carbons (Fsp3) is 0.211. The number of carbonyl (C=O) groups excluding carboxylic acids is 1. The van der Waals surface area contributed by atoms with Crippen LogP contribution in [0.5, 0.6) is 0 Å². The van der Waals surface area contributed by atoms with Crippen LogP contribution in [0, 0.1) is 6.92 Å². The molecule has 0 saturated heterocycles. The van der Waals surface area contributed by atoms with Crippen molar-refractivity contribution in [3.05, 3.63) is 59.2 Å². The fourth-order valence-electron chi connectivity index (χ4n) is 2.89. The number of benzene rings is 2. The lowest BCUT2D eigenvalue weighted by Gasteiger charge is -2.06. The van der Waals surface area contributed by atoms with E-state index in [4.69, 9.17) is 0 Å². The summed E-state index contributed by atoms with van der Waals surface area (Å²) in [6, 6.07) is 14.4. The van der Waals surface area contributed by atoms with Crippen LogP contribution in [0.3, 0.4) is 0 Å². The lowest BCUT2D eigenvalue weighted by molar-refractivity contribution is 0.112. The van der Waals surface area contributed by atoms with E-state index < -0.39 is 0 Å². The highest BCUT2D eigenvalue weighted by molar-refractivity contribution is 6.05. The summed E-state index contributed by atoms with van der Waals surface area (Å²) in [4.78, 5) is 15.1. The van der Waals surface area contributed by atoms with Crippen LogP contribution in [0.2, 0.25) is 0 Å². The zero-order valence-electron chi connectivity index (χ0n) is 12.6. The van der Waals surface area contributed by atoms with Crippen LogP contribution in [0.15, 0.2) is 42.5 Å². The van der Waals surface area contributed by atoms with Gasteiger partial charge in [0.1, 0.15) is 0 Å². The Bertz CT molecular complexity index is 812. The van der Waals surface area contributed by atoms with E-state index in [-0.39, 0.29) is 0 Å². The predicted octanol–water partition coefficient (Wildman–Crippen LogP) is 5.08. The Morgan fingerprint density at radius 3 is 2.52 bits per heavy atom. The first-order valence-electron chi connectivity index (χ1n) is 7.28. The monoisotopic (exact) mass is 277 g/mol. The van der Waals surface area contributed by atoms with Gasteiger partial charge in [-0.15, -0.1) is 0 Å². The van der Waals surface area contributed by atoms with Crippen molar-refractivity contribution in [1.29, 1.82) is 0 Å². The van der Waals surface area contributed by atoms with E-state index in [2.05, 4.69) is 44.0 Å². The second kappa shape index (κ2) is 5.21. The second-order valence-corrected chi connectivity index (χ2v) is 5.83. The van der Waals surface area contributed by atoms with E-state index >= 15 is 0 Å². The zero-order valence-corrected chi connectivity index (χ0v) is 12.6. The van der Waals surface area contributed by atoms with Crippen LogP contribution in [0.4, 0.5) is 0 Å². The van der Waals surface area contributed by atoms with Crippen LogP contribution >= 0.6 is 0 Å². The zero-order chi connectivity index (χ0) is 15.0. The van der Waals surface area contributed by atoms with E-state index in [0.717, 1.165) is 34.0 Å². The van der Waals surface area contributed by atoms with E-state index in [1.807, 2.05) is 24.3 Å². The molecule has 0 aliphatic heterocycles. The number of aromatic nitrogens is 1. The highest BCUT2D eigenvalue weighted by Crippen LogP contribution is 2.33. The quantitative estimate of drug-likeness (QED) is 0.665. The number of aryl methyl sites for hydroxylation is 1. The number of hydrogen-bond donors (Lipinski definition) is 1. The van der Waals surface area contributed by atoms with Crippen molar-refractivity contribution in [3.63, 3.8) is 0 Å². The lowest BCUT2D eigenvalue weighted by atomic mass is 9.99. The molecule has 0 amide bonds. The summed E-state index contributed by atoms with van der Waals surface area (Å²) in [5, 5.41) is 1.01. The topological polar surface area (TPSA) is 32.9 Å². The SMILES string of the molecule is Cc1cccc(-c2[nH]c3c(C(C)C)cccc3c2C=O)c1. The molecule has 0 bridgehead atoms. The van der Waals surface area contributed by atoms with Crippen molar-refractivity contribution in [3.8, 4) is 11.3 Å². The molecule has 2 heteroatoms. The first-order valence-corrected chi connectivity index (χ1v) is 7.28. The van der Waals surface area contributed by atoms with Crippen molar-refractivity contribution < 1.29 is 4.79 Å². The van der Waals surface area contributed by atoms with E-state index in [1.54, 1.807) is 0 Å². The Labute approximate surface area is 124 Å². The molecule has 1 aromatic heterocycles. The van der Waals surface area contributed by atoms with Crippen LogP contribution in [-0.4, -0.2) is 11.3 Å². The average molecular weight is 277 g/mol. The van der Waals surface area contributed by atoms with E-state index in [0.29, 0.717) is 5.92 Å². The number of aldehydes is 1. The molecule has 0 aliphatic carbocycles. The van der Waals surface area contributed by atoms with Gasteiger partial charge < -0.3 is 4.98 Å². The predicted molar refractivity (Wildman–Crippen MR) is 87.9 cm³/mol. The van der Waals surface area contributed by atoms with Crippen LogP contribution in [-0.2, 0) is 0 Å². The molecular formula is C19H19NO. The van der Waals surface area contributed by atoms with Gasteiger partial charge in [0, 0.05) is 10.9 Å². The number of fused-ring (bicyclic) bond motifs is 1. The third-order valence-electron chi connectivity index (χ3n) is 3.95. The van der Waals surface area contributed by atoms with Gasteiger partial charge in [0.25, 0.3) is 0 Å². The molecule has 0 radical (unpaired) electrons. The van der Waals surface area contributed by atoms with Gasteiger partial charge in [-0.1, -0.05) is 55.8 Å². The van der Waals surface area contributed by atoms with Crippen LogP contribution in [0.25, 0.3) is 22.2 Å². The molecule has 21 heavy (non-hydrogen) atoms. The van der Waals surface area contributed by atoms with Crippen LogP contribution < -0.4 is 0 Å². The highest BCUT2D eigenvalue weighted by atomic mass is 16.1. The Balaban J connectivity index is 2.33. The Kier molecular flexibility index (Phi) is 3.38. The van der Waals surface area contributed by atoms with Gasteiger partial charge in [0.2, 0.25) is 0 Å². The van der Waals surface area contributed by atoms with Gasteiger partial charge in [-0.05, 0) is 30.0 Å². The molecule has 0 fully saturated rings. The van der Waals surface area contributed by atoms with Crippen LogP contribution in [0.1, 0.15) is 41.3 Å². The van der Waals surface area contributed by atoms with Gasteiger partial charge in [0.05, 0.1) is 11.2 Å². The van der Waals surface area contributed by atoms with Gasteiger partial charge in [-0.25, -0.2) is 0 Å². The third-order valence-corrected chi connectivity index (χ3v) is 3.95. The van der Waals surface area contributed by atoms with Crippen molar-refractivity contribution in [1.82, 2.24) is 4.98 Å². The molecule has 3 aromatic rings. The molecule has 2 aromatic carbocycles. The van der Waals surface area contributed by atoms with Gasteiger partial charge >= 0.3 is 0 Å². The Morgan fingerprint density at radius 2 is 1.86 bits per heavy atom. The second-order valence-electron chi connectivity index (χ2n) is 5.83. The minimum atomic E-state index is 0.414. The highest BCUT2D eigenvalue weighted by Gasteiger charge is 2.15. The Hall–Kier alpha value is -2.35. The summed E-state index contributed by atoms with van der Waals surface area (Å²) in [6.07, 6.45) is 0.959. The normalized spacial score (nSPS) is 11.2. The first kappa shape index (κ1) is 13.6. The molecule has 3 rings (SSSR count). The minimum absolute atomic E-state index is 0.414. The maximum atomic E-state index is 11.6. The van der Waals surface area contributed by atoms with Crippen molar-refractivity contribution in [2.24, 2.45) is 0 Å². The summed E-state index contributed by atoms with van der Waals surface area (Å²) in [6.45, 7) is 6.40. The van der Waals surface area contributed by atoms with Crippen molar-refractivity contribution in [2.75, 3.05) is 0 Å². The summed E-state index contributed by atoms with van der Waals surface area (Å²) >= 11 is 0. The molecule has 0 aliphatic rings. The standard InChI is InChI=1S/C19H19NO/c1-12(2)15-8-5-9-16-17(11-21)18(20-19(15)16)14-7-4-6-13(3)10-14/h4-12,20H,1-3H3. The molecule has 1 heterocycles. The number of hydrogen-bond acceptors (Lipinski definition) is 1. The molecule has 2 nitrogen and oxygen atoms in total. The molecule has 0 spiro atoms. The fourth-order valence-corrected chi connectivity index (χ4v) is 2.89. The molecule has 106 valence electrons. The molecular weight excluding hydrogens is 258 g/mol. The third kappa shape index (κ3) is 2.27. The van der Waals surface area contributed by atoms with Gasteiger partial charge in [-0.2, -0.15) is 0 Å². The summed E-state index contributed by atoms with van der Waals surface area (Å²) < 4.78 is 0. The smallest absolute Gasteiger partial charge is 0.152 e. The number of carbonyl (C=O) groups is 1. The number of nitrogens with one attached hydrogen (secondary N) is 1. The first-order chi connectivity index (χ1) is 10.1.